The van der Waals surface area contributed by atoms with Crippen molar-refractivity contribution < 1.29 is 9.90 Å². The maximum Gasteiger partial charge on any atom is 0.417 e. The van der Waals surface area contributed by atoms with E-state index in [1.807, 2.05) is 0 Å². The fraction of sp³-hybridized carbons (Fsp3) is 0.333. The van der Waals surface area contributed by atoms with Gasteiger partial charge in [-0.3, -0.25) is 0 Å². The van der Waals surface area contributed by atoms with Crippen molar-refractivity contribution in [3.05, 3.63) is 17.7 Å². The van der Waals surface area contributed by atoms with Gasteiger partial charge in [-0.2, -0.15) is 0 Å². The van der Waals surface area contributed by atoms with E-state index in [1.165, 1.54) is 6.33 Å². The number of carbonyl (C=O) groups is 1. The third kappa shape index (κ3) is 0.877. The quantitative estimate of drug-likeness (QED) is 0.585. The SMILES string of the molecule is Cc1ncn(C(=O)O)c1C. The minimum absolute atomic E-state index is 0.674. The summed E-state index contributed by atoms with van der Waals surface area (Å²) in [6, 6.07) is 0. The van der Waals surface area contributed by atoms with Crippen LogP contribution in [-0.2, 0) is 0 Å². The van der Waals surface area contributed by atoms with E-state index in [4.69, 9.17) is 5.11 Å². The molecule has 0 unspecified atom stereocenters. The van der Waals surface area contributed by atoms with Gasteiger partial charge in [-0.1, -0.05) is 0 Å². The van der Waals surface area contributed by atoms with Crippen LogP contribution < -0.4 is 0 Å². The molecule has 4 heteroatoms. The molecule has 0 aliphatic rings. The Morgan fingerprint density at radius 3 is 2.50 bits per heavy atom. The van der Waals surface area contributed by atoms with Gasteiger partial charge in [0.25, 0.3) is 0 Å². The first kappa shape index (κ1) is 6.80. The first-order chi connectivity index (χ1) is 4.63. The van der Waals surface area contributed by atoms with Crippen LogP contribution in [0.15, 0.2) is 6.33 Å². The highest BCUT2D eigenvalue weighted by Crippen LogP contribution is 2.02. The lowest BCUT2D eigenvalue weighted by molar-refractivity contribution is 0.195. The average molecular weight is 140 g/mol. The van der Waals surface area contributed by atoms with Crippen molar-refractivity contribution in [2.75, 3.05) is 0 Å². The average Bonchev–Trinajstić information content (AvgIpc) is 2.14. The Morgan fingerprint density at radius 1 is 1.70 bits per heavy atom. The van der Waals surface area contributed by atoms with Gasteiger partial charge >= 0.3 is 6.09 Å². The molecule has 1 N–H and O–H groups in total. The molecule has 0 aliphatic carbocycles. The molecule has 0 aromatic carbocycles. The number of aromatic nitrogens is 2. The predicted octanol–water partition coefficient (Wildman–Crippen LogP) is 1.03. The summed E-state index contributed by atoms with van der Waals surface area (Å²) in [6.45, 7) is 3.49. The first-order valence-electron chi connectivity index (χ1n) is 2.86. The smallest absolute Gasteiger partial charge is 0.417 e. The van der Waals surface area contributed by atoms with E-state index in [9.17, 15) is 4.79 Å². The number of hydrogen-bond donors (Lipinski definition) is 1. The molecule has 0 saturated carbocycles. The van der Waals surface area contributed by atoms with Crippen molar-refractivity contribution in [3.63, 3.8) is 0 Å². The fourth-order valence-corrected chi connectivity index (χ4v) is 0.692. The highest BCUT2D eigenvalue weighted by molar-refractivity contribution is 5.68. The maximum absolute atomic E-state index is 10.4. The summed E-state index contributed by atoms with van der Waals surface area (Å²) in [5.41, 5.74) is 1.43. The molecule has 0 atom stereocenters. The molecule has 0 fully saturated rings. The van der Waals surface area contributed by atoms with E-state index in [2.05, 4.69) is 4.98 Å². The third-order valence-corrected chi connectivity index (χ3v) is 1.46. The molecule has 0 spiro atoms. The van der Waals surface area contributed by atoms with Crippen LogP contribution in [0.3, 0.4) is 0 Å². The van der Waals surface area contributed by atoms with Gasteiger partial charge in [-0.15, -0.1) is 0 Å². The summed E-state index contributed by atoms with van der Waals surface area (Å²) in [7, 11) is 0. The standard InChI is InChI=1S/C6H8N2O2/c1-4-5(2)8(3-7-4)6(9)10/h3H,1-2H3,(H,9,10). The van der Waals surface area contributed by atoms with E-state index in [1.54, 1.807) is 13.8 Å². The summed E-state index contributed by atoms with van der Waals surface area (Å²) in [5.74, 6) is 0. The molecule has 0 amide bonds. The van der Waals surface area contributed by atoms with Crippen molar-refractivity contribution >= 4 is 6.09 Å². The molecule has 10 heavy (non-hydrogen) atoms. The van der Waals surface area contributed by atoms with Crippen LogP contribution in [0.2, 0.25) is 0 Å². The maximum atomic E-state index is 10.4. The largest absolute Gasteiger partial charge is 0.464 e. The summed E-state index contributed by atoms with van der Waals surface area (Å²) < 4.78 is 1.09. The lowest BCUT2D eigenvalue weighted by Crippen LogP contribution is -2.07. The minimum Gasteiger partial charge on any atom is -0.464 e. The molecular formula is C6H8N2O2. The van der Waals surface area contributed by atoms with Gasteiger partial charge < -0.3 is 5.11 Å². The van der Waals surface area contributed by atoms with Crippen molar-refractivity contribution in [2.24, 2.45) is 0 Å². The van der Waals surface area contributed by atoms with Gasteiger partial charge in [-0.25, -0.2) is 14.3 Å². The van der Waals surface area contributed by atoms with Gasteiger partial charge in [0.05, 0.1) is 5.69 Å². The molecule has 1 aromatic heterocycles. The molecule has 0 aliphatic heterocycles. The summed E-state index contributed by atoms with van der Waals surface area (Å²) in [4.78, 5) is 14.2. The van der Waals surface area contributed by atoms with Crippen LogP contribution in [0.25, 0.3) is 0 Å². The fourth-order valence-electron chi connectivity index (χ4n) is 0.692. The monoisotopic (exact) mass is 140 g/mol. The lowest BCUT2D eigenvalue weighted by Gasteiger charge is -1.94. The number of nitrogens with zero attached hydrogens (tertiary/aromatic N) is 2. The Bertz CT molecular complexity index is 265. The van der Waals surface area contributed by atoms with Gasteiger partial charge in [0.2, 0.25) is 0 Å². The highest BCUT2D eigenvalue weighted by Gasteiger charge is 2.06. The Labute approximate surface area is 58.1 Å². The van der Waals surface area contributed by atoms with E-state index in [0.717, 1.165) is 10.3 Å². The second-order valence-electron chi connectivity index (χ2n) is 2.07. The third-order valence-electron chi connectivity index (χ3n) is 1.46. The molecule has 0 bridgehead atoms. The zero-order valence-corrected chi connectivity index (χ0v) is 5.83. The first-order valence-corrected chi connectivity index (χ1v) is 2.86. The molecule has 0 radical (unpaired) electrons. The number of aryl methyl sites for hydroxylation is 1. The van der Waals surface area contributed by atoms with Gasteiger partial charge in [-0.05, 0) is 13.8 Å². The Hall–Kier alpha value is -1.32. The van der Waals surface area contributed by atoms with Crippen LogP contribution in [0.4, 0.5) is 4.79 Å². The van der Waals surface area contributed by atoms with Crippen LogP contribution in [0, 0.1) is 13.8 Å². The van der Waals surface area contributed by atoms with Crippen molar-refractivity contribution in [1.82, 2.24) is 9.55 Å². The number of hydrogen-bond acceptors (Lipinski definition) is 2. The highest BCUT2D eigenvalue weighted by atomic mass is 16.4. The van der Waals surface area contributed by atoms with Gasteiger partial charge in [0, 0.05) is 5.69 Å². The van der Waals surface area contributed by atoms with Crippen LogP contribution in [-0.4, -0.2) is 20.8 Å². The zero-order chi connectivity index (χ0) is 7.72. The van der Waals surface area contributed by atoms with Gasteiger partial charge in [0.1, 0.15) is 6.33 Å². The van der Waals surface area contributed by atoms with Crippen molar-refractivity contribution in [2.45, 2.75) is 13.8 Å². The number of imidazole rings is 1. The Morgan fingerprint density at radius 2 is 2.30 bits per heavy atom. The second-order valence-corrected chi connectivity index (χ2v) is 2.07. The van der Waals surface area contributed by atoms with Crippen molar-refractivity contribution in [1.29, 1.82) is 0 Å². The van der Waals surface area contributed by atoms with Crippen LogP contribution in [0.5, 0.6) is 0 Å². The van der Waals surface area contributed by atoms with Crippen molar-refractivity contribution in [3.8, 4) is 0 Å². The topological polar surface area (TPSA) is 55.1 Å². The van der Waals surface area contributed by atoms with E-state index in [0.29, 0.717) is 5.69 Å². The number of carboxylic acid groups (broad SMARTS) is 1. The predicted molar refractivity (Wildman–Crippen MR) is 35.1 cm³/mol. The Balaban J connectivity index is 3.17. The summed E-state index contributed by atoms with van der Waals surface area (Å²) in [5, 5.41) is 8.50. The normalized spacial score (nSPS) is 9.80. The van der Waals surface area contributed by atoms with E-state index >= 15 is 0 Å². The molecule has 4 nitrogen and oxygen atoms in total. The lowest BCUT2D eigenvalue weighted by atomic mass is 10.4. The Kier molecular flexibility index (Phi) is 1.45. The summed E-state index contributed by atoms with van der Waals surface area (Å²) >= 11 is 0. The van der Waals surface area contributed by atoms with E-state index in [-0.39, 0.29) is 0 Å². The van der Waals surface area contributed by atoms with Gasteiger partial charge in [0.15, 0.2) is 0 Å². The van der Waals surface area contributed by atoms with Crippen LogP contribution in [0.1, 0.15) is 11.4 Å². The van der Waals surface area contributed by atoms with Crippen LogP contribution >= 0.6 is 0 Å². The minimum atomic E-state index is -0.988. The molecule has 1 heterocycles. The molecular weight excluding hydrogens is 132 g/mol. The second kappa shape index (κ2) is 2.13. The molecule has 54 valence electrons. The summed E-state index contributed by atoms with van der Waals surface area (Å²) in [6.07, 6.45) is 0.311. The molecule has 0 saturated heterocycles. The molecule has 1 rings (SSSR count). The number of rotatable bonds is 0. The molecule has 1 aromatic rings. The van der Waals surface area contributed by atoms with E-state index < -0.39 is 6.09 Å². The zero-order valence-electron chi connectivity index (χ0n) is 5.83.